The summed E-state index contributed by atoms with van der Waals surface area (Å²) in [5.74, 6) is -1.32. The van der Waals surface area contributed by atoms with Gasteiger partial charge in [0.2, 0.25) is 0 Å². The van der Waals surface area contributed by atoms with E-state index in [2.05, 4.69) is 4.98 Å². The number of nitrogens with zero attached hydrogens (tertiary/aromatic N) is 2. The SMILES string of the molecule is Nc1nc(=O)n([C@H]2C[C@H](O)[C@@H](CO)O2)cc1[18F]. The summed E-state index contributed by atoms with van der Waals surface area (Å²) in [5.41, 5.74) is 4.38. The normalized spacial score (nSPS) is 28.5. The number of aromatic nitrogens is 2. The molecule has 0 spiro atoms. The van der Waals surface area contributed by atoms with Gasteiger partial charge >= 0.3 is 5.69 Å². The van der Waals surface area contributed by atoms with Crippen molar-refractivity contribution in [2.45, 2.75) is 24.9 Å². The van der Waals surface area contributed by atoms with Gasteiger partial charge < -0.3 is 20.7 Å². The highest BCUT2D eigenvalue weighted by atomic mass is 18.2. The molecule has 94 valence electrons. The summed E-state index contributed by atoms with van der Waals surface area (Å²) in [6, 6.07) is 0. The van der Waals surface area contributed by atoms with E-state index in [1.54, 1.807) is 0 Å². The molecule has 0 radical (unpaired) electrons. The molecule has 2 heterocycles. The number of hydrogen-bond donors (Lipinski definition) is 3. The molecular weight excluding hydrogens is 232 g/mol. The topological polar surface area (TPSA) is 111 Å². The lowest BCUT2D eigenvalue weighted by Crippen LogP contribution is -2.29. The predicted octanol–water partition coefficient (Wildman–Crippen LogP) is -1.39. The second-order valence-corrected chi connectivity index (χ2v) is 3.78. The zero-order chi connectivity index (χ0) is 12.6. The zero-order valence-corrected chi connectivity index (χ0v) is 8.78. The fourth-order valence-corrected chi connectivity index (χ4v) is 1.71. The summed E-state index contributed by atoms with van der Waals surface area (Å²) in [7, 11) is 0. The molecule has 0 saturated carbocycles. The predicted molar refractivity (Wildman–Crippen MR) is 54.5 cm³/mol. The maximum atomic E-state index is 13.2. The minimum atomic E-state index is -0.905. The quantitative estimate of drug-likeness (QED) is 0.590. The van der Waals surface area contributed by atoms with E-state index >= 15 is 0 Å². The fourth-order valence-electron chi connectivity index (χ4n) is 1.71. The van der Waals surface area contributed by atoms with Crippen LogP contribution in [0.2, 0.25) is 0 Å². The molecule has 1 aromatic heterocycles. The molecule has 0 unspecified atom stereocenters. The Hall–Kier alpha value is -1.51. The maximum Gasteiger partial charge on any atom is 0.351 e. The number of aliphatic hydroxyl groups is 2. The highest BCUT2D eigenvalue weighted by Gasteiger charge is 2.35. The maximum absolute atomic E-state index is 13.2. The van der Waals surface area contributed by atoms with Crippen LogP contribution in [0.4, 0.5) is 10.2 Å². The Balaban J connectivity index is 2.30. The van der Waals surface area contributed by atoms with Crippen LogP contribution in [0.1, 0.15) is 12.6 Å². The summed E-state index contributed by atoms with van der Waals surface area (Å²) in [5, 5.41) is 18.4. The second kappa shape index (κ2) is 4.40. The number of anilines is 1. The minimum absolute atomic E-state index is 0.0795. The molecule has 1 aliphatic rings. The molecule has 17 heavy (non-hydrogen) atoms. The second-order valence-electron chi connectivity index (χ2n) is 3.78. The molecule has 2 rings (SSSR count). The lowest BCUT2D eigenvalue weighted by molar-refractivity contribution is -0.0461. The highest BCUT2D eigenvalue weighted by molar-refractivity contribution is 5.26. The lowest BCUT2D eigenvalue weighted by Gasteiger charge is -2.14. The Morgan fingerprint density at radius 3 is 3.00 bits per heavy atom. The standard InChI is InChI=1S/C9H12FN3O4/c10-4-2-13(9(16)12-8(4)11)7-1-5(15)6(3-14)17-7/h2,5-7,14-15H,1,3H2,(H2,11,12,16)/t5-,6+,7+/m0/s1/i10-1. The molecule has 1 saturated heterocycles. The van der Waals surface area contributed by atoms with E-state index in [9.17, 15) is 14.3 Å². The molecule has 1 aliphatic heterocycles. The Bertz CT molecular complexity index is 478. The number of nitrogens with two attached hydrogens (primary N) is 1. The van der Waals surface area contributed by atoms with Gasteiger partial charge in [-0.15, -0.1) is 0 Å². The Morgan fingerprint density at radius 2 is 2.41 bits per heavy atom. The van der Waals surface area contributed by atoms with Gasteiger partial charge in [-0.05, 0) is 0 Å². The lowest BCUT2D eigenvalue weighted by atomic mass is 10.2. The van der Waals surface area contributed by atoms with Crippen LogP contribution >= 0.6 is 0 Å². The van der Waals surface area contributed by atoms with Crippen molar-refractivity contribution >= 4 is 5.82 Å². The Kier molecular flexibility index (Phi) is 3.09. The number of hydrogen-bond acceptors (Lipinski definition) is 6. The van der Waals surface area contributed by atoms with Crippen LogP contribution in [0.3, 0.4) is 0 Å². The molecule has 0 aliphatic carbocycles. The van der Waals surface area contributed by atoms with Crippen molar-refractivity contribution < 1.29 is 19.3 Å². The summed E-state index contributed by atoms with van der Waals surface area (Å²) in [4.78, 5) is 14.7. The molecule has 1 fully saturated rings. The number of aliphatic hydroxyl groups excluding tert-OH is 2. The average Bonchev–Trinajstić information content (AvgIpc) is 2.65. The number of rotatable bonds is 2. The average molecular weight is 244 g/mol. The van der Waals surface area contributed by atoms with Gasteiger partial charge in [0.05, 0.1) is 18.9 Å². The molecule has 0 amide bonds. The summed E-state index contributed by atoms with van der Waals surface area (Å²) in [6.07, 6.45) is -1.58. The van der Waals surface area contributed by atoms with E-state index in [1.165, 1.54) is 0 Å². The van der Waals surface area contributed by atoms with Crippen LogP contribution in [0, 0.1) is 5.82 Å². The highest BCUT2D eigenvalue weighted by Crippen LogP contribution is 2.27. The van der Waals surface area contributed by atoms with Crippen LogP contribution < -0.4 is 11.4 Å². The van der Waals surface area contributed by atoms with E-state index < -0.39 is 35.8 Å². The van der Waals surface area contributed by atoms with Crippen molar-refractivity contribution in [1.82, 2.24) is 9.55 Å². The van der Waals surface area contributed by atoms with Gasteiger partial charge in [0.15, 0.2) is 11.6 Å². The van der Waals surface area contributed by atoms with Gasteiger partial charge in [0.25, 0.3) is 0 Å². The van der Waals surface area contributed by atoms with Crippen molar-refractivity contribution in [3.05, 3.63) is 22.5 Å². The van der Waals surface area contributed by atoms with Gasteiger partial charge in [-0.1, -0.05) is 0 Å². The van der Waals surface area contributed by atoms with Gasteiger partial charge in [-0.3, -0.25) is 4.57 Å². The molecule has 0 bridgehead atoms. The Labute approximate surface area is 95.3 Å². The summed E-state index contributed by atoms with van der Waals surface area (Å²) in [6.45, 7) is -0.378. The van der Waals surface area contributed by atoms with E-state index in [0.717, 1.165) is 10.8 Å². The first-order valence-electron chi connectivity index (χ1n) is 5.01. The first-order valence-corrected chi connectivity index (χ1v) is 5.01. The third-order valence-electron chi connectivity index (χ3n) is 2.63. The summed E-state index contributed by atoms with van der Waals surface area (Å²) >= 11 is 0. The third kappa shape index (κ3) is 2.14. The Morgan fingerprint density at radius 1 is 1.71 bits per heavy atom. The first kappa shape index (κ1) is 12.0. The van der Waals surface area contributed by atoms with Crippen molar-refractivity contribution in [3.8, 4) is 0 Å². The van der Waals surface area contributed by atoms with Gasteiger partial charge in [0, 0.05) is 6.42 Å². The number of halogens is 1. The van der Waals surface area contributed by atoms with Crippen molar-refractivity contribution in [1.29, 1.82) is 0 Å². The van der Waals surface area contributed by atoms with Crippen LogP contribution in [0.15, 0.2) is 11.0 Å². The van der Waals surface area contributed by atoms with Gasteiger partial charge in [0.1, 0.15) is 12.3 Å². The first-order chi connectivity index (χ1) is 8.02. The molecule has 1 aromatic rings. The van der Waals surface area contributed by atoms with Gasteiger partial charge in [-0.2, -0.15) is 4.98 Å². The largest absolute Gasteiger partial charge is 0.394 e. The van der Waals surface area contributed by atoms with E-state index in [4.69, 9.17) is 15.6 Å². The molecule has 8 heteroatoms. The van der Waals surface area contributed by atoms with Crippen molar-refractivity contribution in [2.75, 3.05) is 12.3 Å². The van der Waals surface area contributed by atoms with Crippen LogP contribution in [0.25, 0.3) is 0 Å². The number of ether oxygens (including phenoxy) is 1. The van der Waals surface area contributed by atoms with Crippen molar-refractivity contribution in [3.63, 3.8) is 0 Å². The molecule has 3 atom stereocenters. The monoisotopic (exact) mass is 244 g/mol. The molecule has 4 N–H and O–H groups in total. The number of nitrogen functional groups attached to an aromatic ring is 1. The minimum Gasteiger partial charge on any atom is -0.394 e. The van der Waals surface area contributed by atoms with Crippen molar-refractivity contribution in [2.24, 2.45) is 0 Å². The third-order valence-corrected chi connectivity index (χ3v) is 2.63. The smallest absolute Gasteiger partial charge is 0.351 e. The van der Waals surface area contributed by atoms with Gasteiger partial charge in [-0.25, -0.2) is 9.18 Å². The molecule has 7 nitrogen and oxygen atoms in total. The van der Waals surface area contributed by atoms with Crippen LogP contribution in [-0.4, -0.2) is 38.6 Å². The van der Waals surface area contributed by atoms with E-state index in [0.29, 0.717) is 0 Å². The van der Waals surface area contributed by atoms with Crippen LogP contribution in [0.5, 0.6) is 0 Å². The molecule has 0 aromatic carbocycles. The van der Waals surface area contributed by atoms with Crippen LogP contribution in [-0.2, 0) is 4.74 Å². The fraction of sp³-hybridized carbons (Fsp3) is 0.556. The van der Waals surface area contributed by atoms with E-state index in [1.807, 2.05) is 0 Å². The molecular formula is C9H12FN3O4. The van der Waals surface area contributed by atoms with E-state index in [-0.39, 0.29) is 13.0 Å². The summed E-state index contributed by atoms with van der Waals surface area (Å²) < 4.78 is 19.3. The zero-order valence-electron chi connectivity index (χ0n) is 8.78.